The van der Waals surface area contributed by atoms with Crippen molar-refractivity contribution >= 4 is 33.2 Å². The standard InChI is InChI=1S/C21H27N3O5S/c1-15-9-10-16(2)19(13-15)24(30(4,27)28)14-20(25)23-18-8-6-5-7-17(18)21(26)22-11-12-29-3/h5-10,13H,11-12,14H2,1-4H3,(H,22,26)(H,23,25). The Hall–Kier alpha value is -2.91. The molecule has 0 bridgehead atoms. The van der Waals surface area contributed by atoms with E-state index in [1.807, 2.05) is 13.0 Å². The third-order valence-electron chi connectivity index (χ3n) is 4.36. The maximum atomic E-state index is 12.7. The predicted octanol–water partition coefficient (Wildman–Crippen LogP) is 2.08. The fourth-order valence-corrected chi connectivity index (χ4v) is 3.75. The summed E-state index contributed by atoms with van der Waals surface area (Å²) in [5, 5.41) is 5.35. The van der Waals surface area contributed by atoms with E-state index in [1.165, 1.54) is 7.11 Å². The highest BCUT2D eigenvalue weighted by Gasteiger charge is 2.23. The Morgan fingerprint density at radius 3 is 2.47 bits per heavy atom. The van der Waals surface area contributed by atoms with Crippen LogP contribution in [0.4, 0.5) is 11.4 Å². The number of aryl methyl sites for hydroxylation is 2. The molecule has 0 spiro atoms. The van der Waals surface area contributed by atoms with E-state index < -0.39 is 22.5 Å². The molecule has 2 amide bonds. The fraction of sp³-hybridized carbons (Fsp3) is 0.333. The molecular weight excluding hydrogens is 406 g/mol. The number of anilines is 2. The SMILES string of the molecule is COCCNC(=O)c1ccccc1NC(=O)CN(c1cc(C)ccc1C)S(C)(=O)=O. The van der Waals surface area contributed by atoms with Gasteiger partial charge in [0, 0.05) is 13.7 Å². The van der Waals surface area contributed by atoms with Gasteiger partial charge in [-0.2, -0.15) is 0 Å². The lowest BCUT2D eigenvalue weighted by molar-refractivity contribution is -0.114. The van der Waals surface area contributed by atoms with Crippen molar-refractivity contribution < 1.29 is 22.7 Å². The molecule has 0 fully saturated rings. The second-order valence-electron chi connectivity index (χ2n) is 6.90. The normalized spacial score (nSPS) is 11.1. The Kier molecular flexibility index (Phi) is 7.96. The van der Waals surface area contributed by atoms with E-state index in [9.17, 15) is 18.0 Å². The topological polar surface area (TPSA) is 105 Å². The van der Waals surface area contributed by atoms with E-state index >= 15 is 0 Å². The van der Waals surface area contributed by atoms with Crippen molar-refractivity contribution in [3.63, 3.8) is 0 Å². The van der Waals surface area contributed by atoms with Crippen molar-refractivity contribution in [2.45, 2.75) is 13.8 Å². The summed E-state index contributed by atoms with van der Waals surface area (Å²) in [6.45, 7) is 3.90. The molecule has 8 nitrogen and oxygen atoms in total. The van der Waals surface area contributed by atoms with Gasteiger partial charge in [-0.3, -0.25) is 13.9 Å². The molecule has 30 heavy (non-hydrogen) atoms. The van der Waals surface area contributed by atoms with Gasteiger partial charge in [0.2, 0.25) is 15.9 Å². The Morgan fingerprint density at radius 2 is 1.80 bits per heavy atom. The third-order valence-corrected chi connectivity index (χ3v) is 5.48. The van der Waals surface area contributed by atoms with Gasteiger partial charge in [0.15, 0.2) is 0 Å². The molecule has 2 aromatic carbocycles. The third kappa shape index (κ3) is 6.30. The first-order valence-electron chi connectivity index (χ1n) is 9.34. The molecule has 0 atom stereocenters. The summed E-state index contributed by atoms with van der Waals surface area (Å²) in [4.78, 5) is 25.1. The van der Waals surface area contributed by atoms with Crippen LogP contribution in [0.5, 0.6) is 0 Å². The van der Waals surface area contributed by atoms with Crippen LogP contribution in [0, 0.1) is 13.8 Å². The molecule has 0 aromatic heterocycles. The van der Waals surface area contributed by atoms with Crippen LogP contribution < -0.4 is 14.9 Å². The number of methoxy groups -OCH3 is 1. The number of rotatable bonds is 9. The van der Waals surface area contributed by atoms with Crippen molar-refractivity contribution in [3.05, 3.63) is 59.2 Å². The van der Waals surface area contributed by atoms with Gasteiger partial charge in [0.05, 0.1) is 29.8 Å². The first kappa shape index (κ1) is 23.4. The van der Waals surface area contributed by atoms with Gasteiger partial charge >= 0.3 is 0 Å². The van der Waals surface area contributed by atoms with Crippen LogP contribution in [0.2, 0.25) is 0 Å². The van der Waals surface area contributed by atoms with Gasteiger partial charge in [-0.1, -0.05) is 24.3 Å². The highest BCUT2D eigenvalue weighted by atomic mass is 32.2. The number of carbonyl (C=O) groups excluding carboxylic acids is 2. The minimum atomic E-state index is -3.71. The molecule has 2 N–H and O–H groups in total. The smallest absolute Gasteiger partial charge is 0.253 e. The van der Waals surface area contributed by atoms with Crippen LogP contribution in [-0.2, 0) is 19.6 Å². The van der Waals surface area contributed by atoms with Crippen LogP contribution in [0.1, 0.15) is 21.5 Å². The van der Waals surface area contributed by atoms with Crippen molar-refractivity contribution in [1.82, 2.24) is 5.32 Å². The van der Waals surface area contributed by atoms with Crippen molar-refractivity contribution in [3.8, 4) is 0 Å². The average Bonchev–Trinajstić information content (AvgIpc) is 2.68. The molecular formula is C21H27N3O5S. The molecule has 0 unspecified atom stereocenters. The molecule has 0 aliphatic heterocycles. The summed E-state index contributed by atoms with van der Waals surface area (Å²) < 4.78 is 30.7. The number of benzene rings is 2. The molecule has 0 aliphatic rings. The van der Waals surface area contributed by atoms with Crippen LogP contribution in [0.25, 0.3) is 0 Å². The lowest BCUT2D eigenvalue weighted by Gasteiger charge is -2.24. The fourth-order valence-electron chi connectivity index (χ4n) is 2.84. The van der Waals surface area contributed by atoms with Gasteiger partial charge in [-0.05, 0) is 43.2 Å². The molecule has 9 heteroatoms. The number of nitrogens with one attached hydrogen (secondary N) is 2. The van der Waals surface area contributed by atoms with Crippen molar-refractivity contribution in [1.29, 1.82) is 0 Å². The second-order valence-corrected chi connectivity index (χ2v) is 8.81. The summed E-state index contributed by atoms with van der Waals surface area (Å²) >= 11 is 0. The molecule has 0 saturated carbocycles. The summed E-state index contributed by atoms with van der Waals surface area (Å²) in [5.74, 6) is -0.920. The summed E-state index contributed by atoms with van der Waals surface area (Å²) in [7, 11) is -2.18. The van der Waals surface area contributed by atoms with Gasteiger partial charge in [0.25, 0.3) is 5.91 Å². The van der Waals surface area contributed by atoms with Gasteiger partial charge < -0.3 is 15.4 Å². The number of hydrogen-bond acceptors (Lipinski definition) is 5. The molecule has 0 radical (unpaired) electrons. The zero-order valence-electron chi connectivity index (χ0n) is 17.6. The number of para-hydroxylation sites is 1. The summed E-state index contributed by atoms with van der Waals surface area (Å²) in [6, 6.07) is 11.9. The minimum absolute atomic E-state index is 0.277. The number of sulfonamides is 1. The highest BCUT2D eigenvalue weighted by Crippen LogP contribution is 2.24. The van der Waals surface area contributed by atoms with E-state index in [0.29, 0.717) is 24.5 Å². The largest absolute Gasteiger partial charge is 0.383 e. The molecule has 2 rings (SSSR count). The Bertz CT molecular complexity index is 1020. The Morgan fingerprint density at radius 1 is 1.10 bits per heavy atom. The maximum absolute atomic E-state index is 12.7. The lowest BCUT2D eigenvalue weighted by Crippen LogP contribution is -2.38. The van der Waals surface area contributed by atoms with E-state index in [0.717, 1.165) is 21.7 Å². The number of hydrogen-bond donors (Lipinski definition) is 2. The van der Waals surface area contributed by atoms with E-state index in [2.05, 4.69) is 10.6 Å². The summed E-state index contributed by atoms with van der Waals surface area (Å²) in [6.07, 6.45) is 1.05. The number of amides is 2. The average molecular weight is 434 g/mol. The van der Waals surface area contributed by atoms with E-state index in [4.69, 9.17) is 4.74 Å². The number of carbonyl (C=O) groups is 2. The first-order chi connectivity index (χ1) is 14.1. The number of ether oxygens (including phenoxy) is 1. The minimum Gasteiger partial charge on any atom is -0.383 e. The zero-order chi connectivity index (χ0) is 22.3. The van der Waals surface area contributed by atoms with Gasteiger partial charge in [0.1, 0.15) is 6.54 Å². The molecule has 0 aliphatic carbocycles. The summed E-state index contributed by atoms with van der Waals surface area (Å²) in [5.41, 5.74) is 2.63. The second kappa shape index (κ2) is 10.2. The van der Waals surface area contributed by atoms with Crippen LogP contribution in [-0.4, -0.2) is 53.3 Å². The van der Waals surface area contributed by atoms with Crippen molar-refractivity contribution in [2.24, 2.45) is 0 Å². The first-order valence-corrected chi connectivity index (χ1v) is 11.2. The Balaban J connectivity index is 2.23. The molecule has 0 saturated heterocycles. The molecule has 0 heterocycles. The maximum Gasteiger partial charge on any atom is 0.253 e. The van der Waals surface area contributed by atoms with Gasteiger partial charge in [-0.15, -0.1) is 0 Å². The van der Waals surface area contributed by atoms with Crippen LogP contribution >= 0.6 is 0 Å². The highest BCUT2D eigenvalue weighted by molar-refractivity contribution is 7.92. The van der Waals surface area contributed by atoms with Crippen LogP contribution in [0.3, 0.4) is 0 Å². The van der Waals surface area contributed by atoms with Gasteiger partial charge in [-0.25, -0.2) is 8.42 Å². The zero-order valence-corrected chi connectivity index (χ0v) is 18.4. The molecule has 2 aromatic rings. The molecule has 162 valence electrons. The van der Waals surface area contributed by atoms with Crippen molar-refractivity contribution in [2.75, 3.05) is 42.7 Å². The van der Waals surface area contributed by atoms with Crippen LogP contribution in [0.15, 0.2) is 42.5 Å². The van der Waals surface area contributed by atoms with E-state index in [1.54, 1.807) is 43.3 Å². The Labute approximate surface area is 177 Å². The quantitative estimate of drug-likeness (QED) is 0.589. The lowest BCUT2D eigenvalue weighted by atomic mass is 10.1. The predicted molar refractivity (Wildman–Crippen MR) is 117 cm³/mol. The number of nitrogens with zero attached hydrogens (tertiary/aromatic N) is 1. The monoisotopic (exact) mass is 433 g/mol. The van der Waals surface area contributed by atoms with E-state index in [-0.39, 0.29) is 11.5 Å².